The number of hydrogen-bond acceptors (Lipinski definition) is 2. The van der Waals surface area contributed by atoms with Gasteiger partial charge in [-0.2, -0.15) is 0 Å². The van der Waals surface area contributed by atoms with Crippen molar-refractivity contribution >= 4 is 23.6 Å². The molecule has 1 N–H and O–H groups in total. The number of rotatable bonds is 4. The average Bonchev–Trinajstić information content (AvgIpc) is 2.92. The van der Waals surface area contributed by atoms with E-state index < -0.39 is 0 Å². The van der Waals surface area contributed by atoms with Gasteiger partial charge in [-0.15, -0.1) is 0 Å². The lowest BCUT2D eigenvalue weighted by atomic mass is 10.2. The smallest absolute Gasteiger partial charge is 0.246 e. The Hall–Kier alpha value is -1.32. The van der Waals surface area contributed by atoms with Gasteiger partial charge in [-0.1, -0.05) is 29.8 Å². The second kappa shape index (κ2) is 6.73. The molecule has 0 radical (unpaired) electrons. The van der Waals surface area contributed by atoms with Crippen LogP contribution in [0, 0.1) is 0 Å². The lowest BCUT2D eigenvalue weighted by Gasteiger charge is -2.25. The van der Waals surface area contributed by atoms with Gasteiger partial charge in [0.25, 0.3) is 0 Å². The summed E-state index contributed by atoms with van der Waals surface area (Å²) in [6.45, 7) is 4.62. The summed E-state index contributed by atoms with van der Waals surface area (Å²) in [6, 6.07) is 7.83. The van der Waals surface area contributed by atoms with Gasteiger partial charge in [-0.3, -0.25) is 4.79 Å². The molecule has 3 nitrogen and oxygen atoms in total. The Kier molecular flexibility index (Phi) is 5.00. The molecular formula is C15H19ClN2O. The number of carbonyl (C=O) groups is 1. The van der Waals surface area contributed by atoms with Crippen molar-refractivity contribution in [1.29, 1.82) is 0 Å². The predicted molar refractivity (Wildman–Crippen MR) is 79.1 cm³/mol. The van der Waals surface area contributed by atoms with Crippen molar-refractivity contribution in [3.05, 3.63) is 40.9 Å². The molecular weight excluding hydrogens is 260 g/mol. The zero-order valence-electron chi connectivity index (χ0n) is 11.1. The largest absolute Gasteiger partial charge is 0.335 e. The Balaban J connectivity index is 2.05. The molecule has 19 heavy (non-hydrogen) atoms. The second-order valence-electron chi connectivity index (χ2n) is 4.63. The van der Waals surface area contributed by atoms with E-state index in [-0.39, 0.29) is 5.91 Å². The number of benzene rings is 1. The van der Waals surface area contributed by atoms with Crippen LogP contribution in [-0.2, 0) is 4.79 Å². The minimum atomic E-state index is 0.0520. The molecule has 0 spiro atoms. The molecule has 0 aromatic heterocycles. The number of likely N-dealkylation sites (N-methyl/N-ethyl adjacent to an activating group) is 1. The third kappa shape index (κ3) is 3.58. The predicted octanol–water partition coefficient (Wildman–Crippen LogP) is 2.56. The fraction of sp³-hybridized carbons (Fsp3) is 0.400. The monoisotopic (exact) mass is 278 g/mol. The minimum Gasteiger partial charge on any atom is -0.335 e. The number of hydrogen-bond donors (Lipinski definition) is 1. The molecule has 1 aromatic carbocycles. The normalized spacial score (nSPS) is 18.9. The molecule has 1 fully saturated rings. The number of halogens is 1. The quantitative estimate of drug-likeness (QED) is 0.859. The van der Waals surface area contributed by atoms with E-state index >= 15 is 0 Å². The van der Waals surface area contributed by atoms with Gasteiger partial charge in [0.15, 0.2) is 0 Å². The first-order valence-corrected chi connectivity index (χ1v) is 7.04. The SMILES string of the molecule is CCN(C(=O)/C=C/c1ccccc1Cl)C1CCNC1. The van der Waals surface area contributed by atoms with Crippen molar-refractivity contribution in [3.8, 4) is 0 Å². The van der Waals surface area contributed by atoms with Crippen LogP contribution in [0.25, 0.3) is 6.08 Å². The van der Waals surface area contributed by atoms with Crippen LogP contribution in [0.3, 0.4) is 0 Å². The van der Waals surface area contributed by atoms with Gasteiger partial charge in [0.2, 0.25) is 5.91 Å². The first kappa shape index (κ1) is 14.1. The summed E-state index contributed by atoms with van der Waals surface area (Å²) < 4.78 is 0. The molecule has 0 aliphatic carbocycles. The average molecular weight is 279 g/mol. The van der Waals surface area contributed by atoms with Crippen LogP contribution in [0.2, 0.25) is 5.02 Å². The van der Waals surface area contributed by atoms with E-state index in [9.17, 15) is 4.79 Å². The summed E-state index contributed by atoms with van der Waals surface area (Å²) in [4.78, 5) is 14.1. The minimum absolute atomic E-state index is 0.0520. The van der Waals surface area contributed by atoms with Gasteiger partial charge in [-0.25, -0.2) is 0 Å². The fourth-order valence-corrected chi connectivity index (χ4v) is 2.57. The van der Waals surface area contributed by atoms with E-state index in [2.05, 4.69) is 5.32 Å². The summed E-state index contributed by atoms with van der Waals surface area (Å²) >= 11 is 6.06. The maximum atomic E-state index is 12.2. The highest BCUT2D eigenvalue weighted by molar-refractivity contribution is 6.32. The van der Waals surface area contributed by atoms with Crippen molar-refractivity contribution in [3.63, 3.8) is 0 Å². The Morgan fingerprint density at radius 2 is 2.32 bits per heavy atom. The lowest BCUT2D eigenvalue weighted by Crippen LogP contribution is -2.40. The zero-order valence-corrected chi connectivity index (χ0v) is 11.9. The molecule has 1 aliphatic rings. The number of nitrogens with one attached hydrogen (secondary N) is 1. The van der Waals surface area contributed by atoms with E-state index in [0.29, 0.717) is 11.1 Å². The first-order valence-electron chi connectivity index (χ1n) is 6.66. The van der Waals surface area contributed by atoms with Gasteiger partial charge >= 0.3 is 0 Å². The highest BCUT2D eigenvalue weighted by Gasteiger charge is 2.23. The Morgan fingerprint density at radius 1 is 1.53 bits per heavy atom. The van der Waals surface area contributed by atoms with Crippen molar-refractivity contribution in [1.82, 2.24) is 10.2 Å². The topological polar surface area (TPSA) is 32.3 Å². The van der Waals surface area contributed by atoms with Gasteiger partial charge < -0.3 is 10.2 Å². The van der Waals surface area contributed by atoms with Crippen LogP contribution < -0.4 is 5.32 Å². The van der Waals surface area contributed by atoms with Crippen LogP contribution in [0.1, 0.15) is 18.9 Å². The highest BCUT2D eigenvalue weighted by Crippen LogP contribution is 2.17. The summed E-state index contributed by atoms with van der Waals surface area (Å²) in [6.07, 6.45) is 4.43. The zero-order chi connectivity index (χ0) is 13.7. The van der Waals surface area contributed by atoms with Gasteiger partial charge in [0.1, 0.15) is 0 Å². The molecule has 102 valence electrons. The maximum Gasteiger partial charge on any atom is 0.246 e. The van der Waals surface area contributed by atoms with Gasteiger partial charge in [-0.05, 0) is 37.6 Å². The first-order chi connectivity index (χ1) is 9.22. The molecule has 1 atom stereocenters. The molecule has 4 heteroatoms. The maximum absolute atomic E-state index is 12.2. The fourth-order valence-electron chi connectivity index (χ4n) is 2.37. The molecule has 1 unspecified atom stereocenters. The molecule has 1 saturated heterocycles. The number of carbonyl (C=O) groups excluding carboxylic acids is 1. The summed E-state index contributed by atoms with van der Waals surface area (Å²) in [5.41, 5.74) is 0.873. The Labute approximate surface area is 119 Å². The van der Waals surface area contributed by atoms with Crippen molar-refractivity contribution in [2.45, 2.75) is 19.4 Å². The summed E-state index contributed by atoms with van der Waals surface area (Å²) in [7, 11) is 0. The molecule has 1 amide bonds. The van der Waals surface area contributed by atoms with Crippen molar-refractivity contribution in [2.75, 3.05) is 19.6 Å². The third-order valence-electron chi connectivity index (χ3n) is 3.41. The summed E-state index contributed by atoms with van der Waals surface area (Å²) in [5, 5.41) is 3.95. The Bertz CT molecular complexity index is 467. The lowest BCUT2D eigenvalue weighted by molar-refractivity contribution is -0.127. The molecule has 2 rings (SSSR count). The van der Waals surface area contributed by atoms with E-state index in [1.165, 1.54) is 0 Å². The second-order valence-corrected chi connectivity index (χ2v) is 5.03. The number of nitrogens with zero attached hydrogens (tertiary/aromatic N) is 1. The van der Waals surface area contributed by atoms with Crippen LogP contribution in [0.5, 0.6) is 0 Å². The van der Waals surface area contributed by atoms with Gasteiger partial charge in [0, 0.05) is 30.2 Å². The number of amides is 1. The Morgan fingerprint density at radius 3 is 2.95 bits per heavy atom. The van der Waals surface area contributed by atoms with Crippen LogP contribution in [0.15, 0.2) is 30.3 Å². The van der Waals surface area contributed by atoms with Gasteiger partial charge in [0.05, 0.1) is 0 Å². The molecule has 0 bridgehead atoms. The van der Waals surface area contributed by atoms with Crippen LogP contribution >= 0.6 is 11.6 Å². The third-order valence-corrected chi connectivity index (χ3v) is 3.75. The van der Waals surface area contributed by atoms with Crippen LogP contribution in [0.4, 0.5) is 0 Å². The van der Waals surface area contributed by atoms with E-state index in [4.69, 9.17) is 11.6 Å². The van der Waals surface area contributed by atoms with Crippen LogP contribution in [-0.4, -0.2) is 36.5 Å². The van der Waals surface area contributed by atoms with E-state index in [1.807, 2.05) is 36.1 Å². The summed E-state index contributed by atoms with van der Waals surface area (Å²) in [5.74, 6) is 0.0520. The van der Waals surface area contributed by atoms with Crippen molar-refractivity contribution < 1.29 is 4.79 Å². The molecule has 1 aliphatic heterocycles. The standard InChI is InChI=1S/C15H19ClN2O/c1-2-18(13-9-10-17-11-13)15(19)8-7-12-5-3-4-6-14(12)16/h3-8,13,17H,2,9-11H2,1H3/b8-7+. The van der Waals surface area contributed by atoms with Crippen molar-refractivity contribution in [2.24, 2.45) is 0 Å². The molecule has 1 aromatic rings. The van der Waals surface area contributed by atoms with E-state index in [0.717, 1.165) is 31.6 Å². The van der Waals surface area contributed by atoms with E-state index in [1.54, 1.807) is 12.2 Å². The molecule has 0 saturated carbocycles. The molecule has 1 heterocycles. The highest BCUT2D eigenvalue weighted by atomic mass is 35.5.